The molecule has 1 heterocycles. The summed E-state index contributed by atoms with van der Waals surface area (Å²) in [6.45, 7) is 3.36. The van der Waals surface area contributed by atoms with Crippen molar-refractivity contribution in [1.82, 2.24) is 10.2 Å². The van der Waals surface area contributed by atoms with E-state index >= 15 is 0 Å². The van der Waals surface area contributed by atoms with Crippen LogP contribution in [0.1, 0.15) is 24.5 Å². The number of carbonyl (C=O) groups is 1. The highest BCUT2D eigenvalue weighted by atomic mass is 16.1. The monoisotopic (exact) mass is 126 g/mol. The summed E-state index contributed by atoms with van der Waals surface area (Å²) in [5, 5.41) is 6.42. The third-order valence-corrected chi connectivity index (χ3v) is 1.07. The maximum Gasteiger partial charge on any atom is 0.179 e. The zero-order chi connectivity index (χ0) is 6.85. The number of carbonyl (C=O) groups excluding carboxylic acids is 1. The van der Waals surface area contributed by atoms with Crippen molar-refractivity contribution in [3.63, 3.8) is 0 Å². The molecule has 0 unspecified atom stereocenters. The molecule has 0 aromatic carbocycles. The first kappa shape index (κ1) is 6.01. The van der Waals surface area contributed by atoms with Gasteiger partial charge in [0.1, 0.15) is 5.69 Å². The van der Waals surface area contributed by atoms with Gasteiger partial charge in [-0.05, 0) is 13.0 Å². The molecule has 0 spiro atoms. The van der Waals surface area contributed by atoms with Gasteiger partial charge in [0.15, 0.2) is 5.78 Å². The summed E-state index contributed by atoms with van der Waals surface area (Å²) in [7, 11) is 0. The van der Waals surface area contributed by atoms with E-state index in [4.69, 9.17) is 0 Å². The van der Waals surface area contributed by atoms with Crippen molar-refractivity contribution in [3.05, 3.63) is 17.5 Å². The van der Waals surface area contributed by atoms with Gasteiger partial charge >= 0.3 is 0 Å². The summed E-state index contributed by atoms with van der Waals surface area (Å²) < 4.78 is 0. The molecule has 0 amide bonds. The molecule has 0 bridgehead atoms. The molecule has 50 valence electrons. The van der Waals surface area contributed by atoms with Crippen LogP contribution < -0.4 is 0 Å². The van der Waals surface area contributed by atoms with Crippen LogP contribution in [-0.4, -0.2) is 16.0 Å². The average Bonchev–Trinajstić information content (AvgIpc) is 2.14. The molecule has 0 aliphatic heterocycles. The Balaban J connectivity index is 0.000000810. The Hall–Kier alpha value is -1.12. The smallest absolute Gasteiger partial charge is 0.179 e. The minimum atomic E-state index is -0.000602. The summed E-state index contributed by atoms with van der Waals surface area (Å²) in [6.07, 6.45) is 0. The van der Waals surface area contributed by atoms with Crippen LogP contribution in [0.3, 0.4) is 0 Å². The Kier molecular flexibility index (Phi) is 1.34. The van der Waals surface area contributed by atoms with Crippen molar-refractivity contribution in [1.29, 1.82) is 0 Å². The van der Waals surface area contributed by atoms with Crippen LogP contribution in [0.15, 0.2) is 6.07 Å². The van der Waals surface area contributed by atoms with Crippen molar-refractivity contribution >= 4 is 5.78 Å². The highest BCUT2D eigenvalue weighted by Crippen LogP contribution is 1.96. The Morgan fingerprint density at radius 2 is 2.56 bits per heavy atom. The lowest BCUT2D eigenvalue weighted by Crippen LogP contribution is -1.90. The number of hydrogen-bond acceptors (Lipinski definition) is 2. The third-order valence-electron chi connectivity index (χ3n) is 1.07. The second kappa shape index (κ2) is 2.01. The Bertz CT molecular complexity index is 231. The Labute approximate surface area is 54.6 Å². The van der Waals surface area contributed by atoms with Crippen LogP contribution in [-0.2, 0) is 0 Å². The van der Waals surface area contributed by atoms with Gasteiger partial charge in [0, 0.05) is 14.0 Å². The van der Waals surface area contributed by atoms with Gasteiger partial charge in [-0.15, -0.1) is 0 Å². The van der Waals surface area contributed by atoms with Crippen LogP contribution in [0.4, 0.5) is 0 Å². The molecule has 1 rings (SSSR count). The molecular formula is C6H10N2O. The highest BCUT2D eigenvalue weighted by Gasteiger charge is 2.00. The molecule has 1 aromatic rings. The summed E-state index contributed by atoms with van der Waals surface area (Å²) in [6, 6.07) is 1.72. The Morgan fingerprint density at radius 3 is 2.78 bits per heavy atom. The van der Waals surface area contributed by atoms with Crippen molar-refractivity contribution in [2.24, 2.45) is 0 Å². The zero-order valence-corrected chi connectivity index (χ0v) is 5.43. The minimum Gasteiger partial charge on any atom is -0.293 e. The quantitative estimate of drug-likeness (QED) is 0.574. The van der Waals surface area contributed by atoms with Crippen LogP contribution in [0, 0.1) is 6.92 Å². The molecule has 0 aliphatic carbocycles. The highest BCUT2D eigenvalue weighted by molar-refractivity contribution is 5.92. The van der Waals surface area contributed by atoms with Crippen molar-refractivity contribution in [2.45, 2.75) is 13.8 Å². The number of ketones is 1. The van der Waals surface area contributed by atoms with Crippen LogP contribution in [0.25, 0.3) is 0 Å². The normalized spacial score (nSPS) is 9.56. The van der Waals surface area contributed by atoms with E-state index in [0.29, 0.717) is 5.69 Å². The first-order valence-corrected chi connectivity index (χ1v) is 2.73. The van der Waals surface area contributed by atoms with Crippen LogP contribution in [0.5, 0.6) is 0 Å². The number of rotatable bonds is 1. The number of aromatic amines is 1. The van der Waals surface area contributed by atoms with E-state index in [2.05, 4.69) is 10.2 Å². The van der Waals surface area contributed by atoms with E-state index < -0.39 is 0 Å². The van der Waals surface area contributed by atoms with Crippen molar-refractivity contribution in [3.8, 4) is 0 Å². The van der Waals surface area contributed by atoms with Gasteiger partial charge in [0.25, 0.3) is 0 Å². The SMILES string of the molecule is CC(=O)c1cc(C)[nH]n1.[HH]. The lowest BCUT2D eigenvalue weighted by Gasteiger charge is -1.78. The summed E-state index contributed by atoms with van der Waals surface area (Å²) in [5.41, 5.74) is 1.42. The number of aromatic nitrogens is 2. The Morgan fingerprint density at radius 1 is 1.89 bits per heavy atom. The molecule has 1 aromatic heterocycles. The predicted molar refractivity (Wildman–Crippen MR) is 35.4 cm³/mol. The number of hydrogen-bond donors (Lipinski definition) is 1. The molecule has 3 heteroatoms. The molecule has 0 saturated carbocycles. The van der Waals surface area contributed by atoms with E-state index in [0.717, 1.165) is 5.69 Å². The zero-order valence-electron chi connectivity index (χ0n) is 5.43. The summed E-state index contributed by atoms with van der Waals surface area (Å²) in [4.78, 5) is 10.6. The molecule has 3 nitrogen and oxygen atoms in total. The van der Waals surface area contributed by atoms with Crippen molar-refractivity contribution < 1.29 is 6.22 Å². The topological polar surface area (TPSA) is 45.8 Å². The molecule has 0 radical (unpaired) electrons. The molecule has 0 aliphatic rings. The largest absolute Gasteiger partial charge is 0.293 e. The molecule has 0 atom stereocenters. The van der Waals surface area contributed by atoms with E-state index in [1.54, 1.807) is 6.07 Å². The van der Waals surface area contributed by atoms with E-state index in [9.17, 15) is 4.79 Å². The van der Waals surface area contributed by atoms with Gasteiger partial charge in [0.05, 0.1) is 0 Å². The second-order valence-electron chi connectivity index (χ2n) is 1.99. The fraction of sp³-hybridized carbons (Fsp3) is 0.333. The molecule has 9 heavy (non-hydrogen) atoms. The maximum absolute atomic E-state index is 10.6. The first-order chi connectivity index (χ1) is 4.20. The number of nitrogens with zero attached hydrogens (tertiary/aromatic N) is 1. The van der Waals surface area contributed by atoms with E-state index in [1.165, 1.54) is 6.92 Å². The van der Waals surface area contributed by atoms with E-state index in [1.807, 2.05) is 6.92 Å². The maximum atomic E-state index is 10.6. The van der Waals surface area contributed by atoms with Crippen LogP contribution >= 0.6 is 0 Å². The molecule has 1 N–H and O–H groups in total. The lowest BCUT2D eigenvalue weighted by molar-refractivity contribution is 0.101. The number of H-pyrrole nitrogens is 1. The van der Waals surface area contributed by atoms with Gasteiger partial charge in [-0.3, -0.25) is 9.89 Å². The third kappa shape index (κ3) is 1.16. The predicted octanol–water partition coefficient (Wildman–Crippen LogP) is 1.17. The van der Waals surface area contributed by atoms with Gasteiger partial charge < -0.3 is 0 Å². The molecule has 0 saturated heterocycles. The number of Topliss-reactive ketones (excluding diaryl/α,β-unsaturated/α-hetero) is 1. The van der Waals surface area contributed by atoms with Gasteiger partial charge in [-0.1, -0.05) is 0 Å². The minimum absolute atomic E-state index is 0. The number of nitrogens with one attached hydrogen (secondary N) is 1. The summed E-state index contributed by atoms with van der Waals surface area (Å²) in [5.74, 6) is -0.000602. The summed E-state index contributed by atoms with van der Waals surface area (Å²) >= 11 is 0. The van der Waals surface area contributed by atoms with Crippen molar-refractivity contribution in [2.75, 3.05) is 0 Å². The van der Waals surface area contributed by atoms with Gasteiger partial charge in [-0.25, -0.2) is 0 Å². The van der Waals surface area contributed by atoms with Crippen LogP contribution in [0.2, 0.25) is 0 Å². The molecular weight excluding hydrogens is 116 g/mol. The second-order valence-corrected chi connectivity index (χ2v) is 1.99. The fourth-order valence-electron chi connectivity index (χ4n) is 0.598. The fourth-order valence-corrected chi connectivity index (χ4v) is 0.598. The first-order valence-electron chi connectivity index (χ1n) is 2.73. The van der Waals surface area contributed by atoms with Gasteiger partial charge in [-0.2, -0.15) is 5.10 Å². The molecule has 0 fully saturated rings. The average molecular weight is 126 g/mol. The number of aryl methyl sites for hydroxylation is 1. The van der Waals surface area contributed by atoms with E-state index in [-0.39, 0.29) is 7.21 Å². The van der Waals surface area contributed by atoms with Gasteiger partial charge in [0.2, 0.25) is 0 Å². The standard InChI is InChI=1S/C6H8N2O.H2/c1-4-3-6(5(2)9)8-7-4;/h3H,1-2H3,(H,7,8);1H. The lowest BCUT2D eigenvalue weighted by atomic mass is 10.3.